The van der Waals surface area contributed by atoms with E-state index in [0.717, 1.165) is 22.1 Å². The van der Waals surface area contributed by atoms with Gasteiger partial charge in [0.25, 0.3) is 11.5 Å². The number of aromatic nitrogens is 2. The highest BCUT2D eigenvalue weighted by Gasteiger charge is 2.84. The van der Waals surface area contributed by atoms with Crippen LogP contribution >= 0.6 is 0 Å². The van der Waals surface area contributed by atoms with Gasteiger partial charge in [0.2, 0.25) is 23.6 Å². The molecule has 314 valence electrons. The van der Waals surface area contributed by atoms with Crippen molar-refractivity contribution in [1.29, 1.82) is 0 Å². The topological polar surface area (TPSA) is 210 Å². The van der Waals surface area contributed by atoms with Crippen molar-refractivity contribution in [2.45, 2.75) is 62.2 Å². The van der Waals surface area contributed by atoms with Gasteiger partial charge in [-0.2, -0.15) is 0 Å². The Morgan fingerprint density at radius 2 is 1.75 bits per heavy atom. The Morgan fingerprint density at radius 1 is 1.02 bits per heavy atom. The number of rotatable bonds is 17. The Kier molecular flexibility index (Phi) is 11.5. The summed E-state index contributed by atoms with van der Waals surface area (Å²) >= 11 is 0. The summed E-state index contributed by atoms with van der Waals surface area (Å²) in [6, 6.07) is 9.59. The Hall–Kier alpha value is -6.62. The van der Waals surface area contributed by atoms with Crippen LogP contribution in [0.3, 0.4) is 0 Å². The molecule has 1 unspecified atom stereocenters. The number of nitrogens with zero attached hydrogens (tertiary/aromatic N) is 4. The summed E-state index contributed by atoms with van der Waals surface area (Å²) in [6.45, 7) is 0.713. The molecular formula is C43H48N8O9. The van der Waals surface area contributed by atoms with E-state index in [9.17, 15) is 33.6 Å². The number of imide groups is 1. The smallest absolute Gasteiger partial charge is 0.259 e. The van der Waals surface area contributed by atoms with Crippen molar-refractivity contribution in [3.8, 4) is 22.6 Å². The van der Waals surface area contributed by atoms with Crippen molar-refractivity contribution >= 4 is 52.3 Å². The molecule has 2 aliphatic carbocycles. The van der Waals surface area contributed by atoms with Gasteiger partial charge in [-0.25, -0.2) is 0 Å². The standard InChI is InChI=1S/C43H48N8O9/c1-49(19-30-33(59-4)16-26(17-34(30)60-5)29-20-50(2)40(57)28-18-44-15-13-27(28)29)21-37(55)45-14-7-10-36(54)48-43-23-42(43,24-43)47-31-9-6-8-25(22-52)38(31)41(58)51(3)32-11-12-35(53)46-39(32)56/h6,8-9,13,15-18,20,22,32,47H,7,10-12,14,19,21,23-24H2,1-5H3,(H,45,55)(H,48,54)(H,46,53,56). The van der Waals surface area contributed by atoms with E-state index in [0.29, 0.717) is 61.2 Å². The number of carbonyl (C=O) groups excluding carboxylic acids is 6. The first-order valence-electron chi connectivity index (χ1n) is 19.7. The van der Waals surface area contributed by atoms with E-state index in [1.54, 1.807) is 58.1 Å². The van der Waals surface area contributed by atoms with Gasteiger partial charge in [-0.15, -0.1) is 0 Å². The predicted octanol–water partition coefficient (Wildman–Crippen LogP) is 2.15. The number of nitrogens with one attached hydrogen (secondary N) is 4. The van der Waals surface area contributed by atoms with Crippen molar-refractivity contribution in [3.63, 3.8) is 0 Å². The number of methoxy groups -OCH3 is 2. The van der Waals surface area contributed by atoms with E-state index < -0.39 is 34.8 Å². The normalized spacial score (nSPS) is 20.1. The van der Waals surface area contributed by atoms with Crippen LogP contribution in [0.2, 0.25) is 0 Å². The monoisotopic (exact) mass is 820 g/mol. The number of aldehydes is 1. The van der Waals surface area contributed by atoms with E-state index in [1.165, 1.54) is 22.6 Å². The van der Waals surface area contributed by atoms with Crippen LogP contribution in [0.5, 0.6) is 11.5 Å². The van der Waals surface area contributed by atoms with Gasteiger partial charge in [-0.1, -0.05) is 12.1 Å². The number of hydrogen-bond donors (Lipinski definition) is 4. The van der Waals surface area contributed by atoms with Crippen molar-refractivity contribution in [1.82, 2.24) is 35.3 Å². The van der Waals surface area contributed by atoms with Gasteiger partial charge in [-0.3, -0.25) is 48.8 Å². The second-order valence-corrected chi connectivity index (χ2v) is 15.8. The molecule has 60 heavy (non-hydrogen) atoms. The molecular weight excluding hydrogens is 773 g/mol. The number of benzene rings is 2. The van der Waals surface area contributed by atoms with Crippen LogP contribution < -0.4 is 36.3 Å². The Labute approximate surface area is 345 Å². The average Bonchev–Trinajstić information content (AvgIpc) is 4.05. The highest BCUT2D eigenvalue weighted by Crippen LogP contribution is 2.72. The Bertz CT molecular complexity index is 2450. The molecule has 2 aromatic carbocycles. The molecule has 0 bridgehead atoms. The van der Waals surface area contributed by atoms with E-state index in [1.807, 2.05) is 24.1 Å². The fourth-order valence-electron chi connectivity index (χ4n) is 8.21. The highest BCUT2D eigenvalue weighted by molar-refractivity contribution is 6.09. The minimum atomic E-state index is -0.856. The van der Waals surface area contributed by atoms with Crippen molar-refractivity contribution in [3.05, 3.63) is 82.0 Å². The van der Waals surface area contributed by atoms with Crippen LogP contribution in [0.15, 0.2) is 59.8 Å². The summed E-state index contributed by atoms with van der Waals surface area (Å²) in [5.74, 6) is -0.749. The van der Waals surface area contributed by atoms with Gasteiger partial charge in [0.15, 0.2) is 6.29 Å². The molecule has 0 spiro atoms. The summed E-state index contributed by atoms with van der Waals surface area (Å²) < 4.78 is 13.1. The quantitative estimate of drug-likeness (QED) is 0.0687. The SMILES string of the molecule is COc1cc(-c2cn(C)c(=O)c3cnccc23)cc(OC)c1CN(C)CC(=O)NCCCC(=O)NC12CC1(Nc1cccc(C=O)c1C(=O)N(C)C1CCC(=O)NC1=O)C2. The molecule has 3 fully saturated rings. The van der Waals surface area contributed by atoms with Crippen molar-refractivity contribution in [2.75, 3.05) is 46.7 Å². The van der Waals surface area contributed by atoms with Gasteiger partial charge in [-0.05, 0) is 67.9 Å². The van der Waals surface area contributed by atoms with Crippen molar-refractivity contribution in [2.24, 2.45) is 7.05 Å². The first-order valence-corrected chi connectivity index (χ1v) is 19.7. The molecule has 17 nitrogen and oxygen atoms in total. The molecule has 2 saturated carbocycles. The number of amides is 5. The van der Waals surface area contributed by atoms with Gasteiger partial charge in [0.05, 0.1) is 48.4 Å². The highest BCUT2D eigenvalue weighted by atomic mass is 16.5. The van der Waals surface area contributed by atoms with Crippen LogP contribution in [0, 0.1) is 0 Å². The fourth-order valence-corrected chi connectivity index (χ4v) is 8.21. The van der Waals surface area contributed by atoms with E-state index in [-0.39, 0.29) is 54.3 Å². The summed E-state index contributed by atoms with van der Waals surface area (Å²) in [5.41, 5.74) is 1.95. The van der Waals surface area contributed by atoms with E-state index >= 15 is 0 Å². The summed E-state index contributed by atoms with van der Waals surface area (Å²) in [4.78, 5) is 95.7. The van der Waals surface area contributed by atoms with E-state index in [2.05, 4.69) is 26.3 Å². The second kappa shape index (κ2) is 16.6. The maximum absolute atomic E-state index is 13.7. The number of likely N-dealkylation sites (N-methyl/N-ethyl adjacent to an activating group) is 2. The molecule has 4 aromatic rings. The van der Waals surface area contributed by atoms with Crippen molar-refractivity contribution < 1.29 is 38.2 Å². The molecule has 17 heteroatoms. The van der Waals surface area contributed by atoms with Gasteiger partial charge in [0, 0.05) is 75.4 Å². The third kappa shape index (κ3) is 8.04. The lowest BCUT2D eigenvalue weighted by Gasteiger charge is -2.30. The molecule has 3 aliphatic rings. The molecule has 1 saturated heterocycles. The zero-order chi connectivity index (χ0) is 42.9. The maximum atomic E-state index is 13.7. The molecule has 7 rings (SSSR count). The molecule has 5 amide bonds. The Morgan fingerprint density at radius 3 is 2.43 bits per heavy atom. The zero-order valence-electron chi connectivity index (χ0n) is 34.2. The molecule has 3 heterocycles. The molecule has 4 N–H and O–H groups in total. The third-order valence-corrected chi connectivity index (χ3v) is 11.7. The first-order chi connectivity index (χ1) is 28.7. The van der Waals surface area contributed by atoms with Gasteiger partial charge in [0.1, 0.15) is 17.5 Å². The number of piperidine rings is 1. The maximum Gasteiger partial charge on any atom is 0.259 e. The van der Waals surface area contributed by atoms with Gasteiger partial charge < -0.3 is 34.9 Å². The minimum Gasteiger partial charge on any atom is -0.496 e. The number of ether oxygens (including phenoxy) is 2. The first kappa shape index (κ1) is 41.5. The fraction of sp³-hybridized carbons (Fsp3) is 0.395. The minimum absolute atomic E-state index is 0.0785. The van der Waals surface area contributed by atoms with Crippen LogP contribution in [-0.4, -0.2) is 114 Å². The number of anilines is 1. The van der Waals surface area contributed by atoms with Gasteiger partial charge >= 0.3 is 0 Å². The Balaban J connectivity index is 0.892. The lowest BCUT2D eigenvalue weighted by Crippen LogP contribution is -2.53. The summed E-state index contributed by atoms with van der Waals surface area (Å²) in [6.07, 6.45) is 7.72. The molecule has 1 atom stereocenters. The predicted molar refractivity (Wildman–Crippen MR) is 221 cm³/mol. The molecule has 2 aromatic heterocycles. The van der Waals surface area contributed by atoms with Crippen LogP contribution in [-0.2, 0) is 32.8 Å². The van der Waals surface area contributed by atoms with Crippen LogP contribution in [0.1, 0.15) is 64.8 Å². The zero-order valence-corrected chi connectivity index (χ0v) is 34.2. The molecule has 1 aliphatic heterocycles. The summed E-state index contributed by atoms with van der Waals surface area (Å²) in [5, 5.41) is 12.9. The van der Waals surface area contributed by atoms with Crippen LogP contribution in [0.25, 0.3) is 21.9 Å². The third-order valence-electron chi connectivity index (χ3n) is 11.7. The second-order valence-electron chi connectivity index (χ2n) is 15.8. The lowest BCUT2D eigenvalue weighted by atomic mass is 9.99. The number of fused-ring (bicyclic) bond motifs is 2. The number of carbonyl (C=O) groups is 6. The number of hydrogen-bond acceptors (Lipinski definition) is 12. The average molecular weight is 821 g/mol. The van der Waals surface area contributed by atoms with E-state index in [4.69, 9.17) is 9.47 Å². The largest absolute Gasteiger partial charge is 0.496 e. The number of aryl methyl sites for hydroxylation is 1. The number of pyridine rings is 2. The molecule has 0 radical (unpaired) electrons. The van der Waals surface area contributed by atoms with Crippen LogP contribution in [0.4, 0.5) is 5.69 Å². The lowest BCUT2D eigenvalue weighted by molar-refractivity contribution is -0.136. The summed E-state index contributed by atoms with van der Waals surface area (Å²) in [7, 11) is 8.10.